The summed E-state index contributed by atoms with van der Waals surface area (Å²) >= 11 is 1.45. The zero-order valence-corrected chi connectivity index (χ0v) is 8.88. The van der Waals surface area contributed by atoms with Crippen molar-refractivity contribution in [3.8, 4) is 10.7 Å². The van der Waals surface area contributed by atoms with Crippen molar-refractivity contribution in [1.29, 1.82) is 0 Å². The largest absolute Gasteiger partial charge is 0.313 e. The minimum Gasteiger partial charge on any atom is -0.313 e. The van der Waals surface area contributed by atoms with Crippen LogP contribution in [0.5, 0.6) is 0 Å². The Morgan fingerprint density at radius 1 is 1.40 bits per heavy atom. The van der Waals surface area contributed by atoms with E-state index in [1.165, 1.54) is 23.6 Å². The fraction of sp³-hybridized carbons (Fsp3) is 0.222. The first-order valence-electron chi connectivity index (χ1n) is 4.38. The third-order valence-corrected chi connectivity index (χ3v) is 2.69. The van der Waals surface area contributed by atoms with Crippen molar-refractivity contribution in [1.82, 2.24) is 20.5 Å². The van der Waals surface area contributed by atoms with Crippen molar-refractivity contribution in [2.45, 2.75) is 6.54 Å². The maximum atomic E-state index is 12.6. The van der Waals surface area contributed by atoms with Gasteiger partial charge in [0.2, 0.25) is 0 Å². The summed E-state index contributed by atoms with van der Waals surface area (Å²) in [6.07, 6.45) is 1.18. The van der Waals surface area contributed by atoms with Crippen LogP contribution in [0.1, 0.15) is 5.01 Å². The molecular weight excluding hydrogens is 215 g/mol. The van der Waals surface area contributed by atoms with Gasteiger partial charge in [0.25, 0.3) is 0 Å². The average molecular weight is 224 g/mol. The smallest absolute Gasteiger partial charge is 0.166 e. The maximum absolute atomic E-state index is 12.6. The van der Waals surface area contributed by atoms with Crippen LogP contribution in [0.4, 0.5) is 4.39 Å². The molecule has 0 radical (unpaired) electrons. The Kier molecular flexibility index (Phi) is 2.98. The lowest BCUT2D eigenvalue weighted by molar-refractivity contribution is 0.622. The molecule has 0 spiro atoms. The fourth-order valence-electron chi connectivity index (χ4n) is 1.08. The molecule has 0 aliphatic heterocycles. The zero-order chi connectivity index (χ0) is 10.7. The molecule has 4 nitrogen and oxygen atoms in total. The topological polar surface area (TPSA) is 50.7 Å². The highest BCUT2D eigenvalue weighted by Gasteiger charge is 2.06. The number of halogens is 1. The van der Waals surface area contributed by atoms with E-state index < -0.39 is 0 Å². The van der Waals surface area contributed by atoms with Gasteiger partial charge < -0.3 is 5.32 Å². The van der Waals surface area contributed by atoms with E-state index >= 15 is 0 Å². The monoisotopic (exact) mass is 224 g/mol. The van der Waals surface area contributed by atoms with Gasteiger partial charge in [-0.2, -0.15) is 0 Å². The molecule has 0 amide bonds. The first kappa shape index (κ1) is 10.1. The molecule has 2 aromatic heterocycles. The van der Waals surface area contributed by atoms with Crippen LogP contribution < -0.4 is 5.32 Å². The van der Waals surface area contributed by atoms with Gasteiger partial charge >= 0.3 is 0 Å². The van der Waals surface area contributed by atoms with Crippen LogP contribution in [-0.4, -0.2) is 22.2 Å². The third kappa shape index (κ3) is 2.34. The first-order valence-corrected chi connectivity index (χ1v) is 5.20. The van der Waals surface area contributed by atoms with Crippen LogP contribution in [0, 0.1) is 5.82 Å². The molecule has 0 fully saturated rings. The molecule has 0 saturated carbocycles. The van der Waals surface area contributed by atoms with E-state index in [1.54, 1.807) is 6.07 Å². The molecule has 1 N–H and O–H groups in total. The van der Waals surface area contributed by atoms with Crippen molar-refractivity contribution in [3.05, 3.63) is 29.2 Å². The van der Waals surface area contributed by atoms with Gasteiger partial charge in [0, 0.05) is 6.54 Å². The standard InChI is InChI=1S/C9H9FN4S/c1-11-5-8-13-14-9(15-8)7-3-2-6(10)4-12-7/h2-4,11H,5H2,1H3. The minimum atomic E-state index is -0.348. The summed E-state index contributed by atoms with van der Waals surface area (Å²) < 4.78 is 12.6. The quantitative estimate of drug-likeness (QED) is 0.857. The van der Waals surface area contributed by atoms with Crippen molar-refractivity contribution in [2.24, 2.45) is 0 Å². The van der Waals surface area contributed by atoms with Crippen molar-refractivity contribution >= 4 is 11.3 Å². The average Bonchev–Trinajstić information content (AvgIpc) is 2.68. The lowest BCUT2D eigenvalue weighted by Crippen LogP contribution is -2.04. The van der Waals surface area contributed by atoms with Crippen LogP contribution in [0.15, 0.2) is 18.3 Å². The Bertz CT molecular complexity index is 440. The Labute approximate surface area is 90.2 Å². The summed E-state index contributed by atoms with van der Waals surface area (Å²) in [5.74, 6) is -0.348. The molecule has 2 rings (SSSR count). The van der Waals surface area contributed by atoms with E-state index in [0.717, 1.165) is 5.01 Å². The SMILES string of the molecule is CNCc1nnc(-c2ccc(F)cn2)s1. The van der Waals surface area contributed by atoms with Crippen molar-refractivity contribution in [3.63, 3.8) is 0 Å². The molecule has 78 valence electrons. The second kappa shape index (κ2) is 4.41. The van der Waals surface area contributed by atoms with Crippen molar-refractivity contribution in [2.75, 3.05) is 7.05 Å². The van der Waals surface area contributed by atoms with Crippen LogP contribution in [0.25, 0.3) is 10.7 Å². The first-order chi connectivity index (χ1) is 7.29. The Morgan fingerprint density at radius 3 is 2.93 bits per heavy atom. The van der Waals surface area contributed by atoms with Crippen LogP contribution in [0.3, 0.4) is 0 Å². The maximum Gasteiger partial charge on any atom is 0.166 e. The molecule has 0 unspecified atom stereocenters. The van der Waals surface area contributed by atoms with E-state index in [9.17, 15) is 4.39 Å². The molecular formula is C9H9FN4S. The normalized spacial score (nSPS) is 10.5. The summed E-state index contributed by atoms with van der Waals surface area (Å²) in [6.45, 7) is 0.679. The molecule has 15 heavy (non-hydrogen) atoms. The lowest BCUT2D eigenvalue weighted by Gasteiger charge is -1.92. The predicted octanol–water partition coefficient (Wildman–Crippen LogP) is 1.46. The minimum absolute atomic E-state index is 0.348. The van der Waals surface area contributed by atoms with Gasteiger partial charge in [-0.3, -0.25) is 4.98 Å². The van der Waals surface area contributed by atoms with Gasteiger partial charge in [-0.25, -0.2) is 4.39 Å². The number of aromatic nitrogens is 3. The highest BCUT2D eigenvalue weighted by Crippen LogP contribution is 2.21. The molecule has 0 bridgehead atoms. The third-order valence-electron chi connectivity index (χ3n) is 1.74. The zero-order valence-electron chi connectivity index (χ0n) is 8.07. The number of rotatable bonds is 3. The summed E-state index contributed by atoms with van der Waals surface area (Å²) in [6, 6.07) is 2.96. The molecule has 0 aliphatic carbocycles. The lowest BCUT2D eigenvalue weighted by atomic mass is 10.4. The Morgan fingerprint density at radius 2 is 2.27 bits per heavy atom. The van der Waals surface area contributed by atoms with Crippen LogP contribution in [0.2, 0.25) is 0 Å². The Hall–Kier alpha value is -1.40. The van der Waals surface area contributed by atoms with E-state index in [1.807, 2.05) is 7.05 Å². The molecule has 0 aliphatic rings. The summed E-state index contributed by atoms with van der Waals surface area (Å²) in [5, 5.41) is 12.5. The predicted molar refractivity (Wildman–Crippen MR) is 55.9 cm³/mol. The highest BCUT2D eigenvalue weighted by atomic mass is 32.1. The van der Waals surface area contributed by atoms with Gasteiger partial charge in [0.05, 0.1) is 6.20 Å². The number of nitrogens with one attached hydrogen (secondary N) is 1. The van der Waals surface area contributed by atoms with Crippen LogP contribution in [-0.2, 0) is 6.54 Å². The van der Waals surface area contributed by atoms with Gasteiger partial charge in [-0.1, -0.05) is 11.3 Å². The number of hydrogen-bond donors (Lipinski definition) is 1. The summed E-state index contributed by atoms with van der Waals surface area (Å²) in [5.41, 5.74) is 0.649. The number of hydrogen-bond acceptors (Lipinski definition) is 5. The van der Waals surface area contributed by atoms with Gasteiger partial charge in [-0.15, -0.1) is 10.2 Å². The number of pyridine rings is 1. The number of nitrogens with zero attached hydrogens (tertiary/aromatic N) is 3. The van der Waals surface area contributed by atoms with E-state index in [0.29, 0.717) is 17.2 Å². The van der Waals surface area contributed by atoms with Gasteiger partial charge in [-0.05, 0) is 19.2 Å². The van der Waals surface area contributed by atoms with E-state index in [2.05, 4.69) is 20.5 Å². The molecule has 0 atom stereocenters. The van der Waals surface area contributed by atoms with Gasteiger partial charge in [0.1, 0.15) is 16.5 Å². The van der Waals surface area contributed by atoms with Gasteiger partial charge in [0.15, 0.2) is 5.01 Å². The molecule has 2 aromatic rings. The summed E-state index contributed by atoms with van der Waals surface area (Å²) in [7, 11) is 1.84. The van der Waals surface area contributed by atoms with Crippen LogP contribution >= 0.6 is 11.3 Å². The van der Waals surface area contributed by atoms with Crippen molar-refractivity contribution < 1.29 is 4.39 Å². The van der Waals surface area contributed by atoms with E-state index in [4.69, 9.17) is 0 Å². The molecule has 2 heterocycles. The molecule has 6 heteroatoms. The van der Waals surface area contributed by atoms with E-state index in [-0.39, 0.29) is 5.82 Å². The fourth-order valence-corrected chi connectivity index (χ4v) is 1.91. The summed E-state index contributed by atoms with van der Waals surface area (Å²) in [4.78, 5) is 3.93. The highest BCUT2D eigenvalue weighted by molar-refractivity contribution is 7.14. The Balaban J connectivity index is 2.25. The molecule has 0 aromatic carbocycles. The second-order valence-electron chi connectivity index (χ2n) is 2.89. The molecule has 0 saturated heterocycles. The second-order valence-corrected chi connectivity index (χ2v) is 3.96.